The fraction of sp³-hybridized carbons (Fsp3) is 0. The van der Waals surface area contributed by atoms with Crippen LogP contribution in [0, 0.1) is 0 Å². The van der Waals surface area contributed by atoms with Crippen molar-refractivity contribution in [2.75, 3.05) is 0 Å². The summed E-state index contributed by atoms with van der Waals surface area (Å²) in [5.74, 6) is 1.23. The Balaban J connectivity index is 1.89. The van der Waals surface area contributed by atoms with Gasteiger partial charge in [0.25, 0.3) is 0 Å². The molecule has 0 fully saturated rings. The van der Waals surface area contributed by atoms with Gasteiger partial charge in [-0.15, -0.1) is 0 Å². The molecule has 1 aliphatic rings. The zero-order chi connectivity index (χ0) is 17.7. The molecular formula is C23H13ClO2. The lowest BCUT2D eigenvalue weighted by Gasteiger charge is -2.05. The molecule has 0 N–H and O–H groups in total. The first-order valence-electron chi connectivity index (χ1n) is 8.37. The SMILES string of the molecule is O=C1c2cccc(Cl)c2-c2c(-c3ccccc3)oc(-c3ccccc3)c21. The van der Waals surface area contributed by atoms with E-state index in [1.54, 1.807) is 0 Å². The van der Waals surface area contributed by atoms with Gasteiger partial charge in [0.15, 0.2) is 5.78 Å². The Hall–Kier alpha value is -3.10. The maximum atomic E-state index is 13.2. The lowest BCUT2D eigenvalue weighted by molar-refractivity contribution is 0.104. The lowest BCUT2D eigenvalue weighted by atomic mass is 10.0. The van der Waals surface area contributed by atoms with Gasteiger partial charge in [-0.1, -0.05) is 84.4 Å². The molecule has 5 rings (SSSR count). The van der Waals surface area contributed by atoms with Gasteiger partial charge in [0, 0.05) is 32.8 Å². The smallest absolute Gasteiger partial charge is 0.198 e. The lowest BCUT2D eigenvalue weighted by Crippen LogP contribution is -1.96. The fourth-order valence-corrected chi connectivity index (χ4v) is 3.84. The first kappa shape index (κ1) is 15.2. The van der Waals surface area contributed by atoms with Gasteiger partial charge in [-0.2, -0.15) is 0 Å². The summed E-state index contributed by atoms with van der Waals surface area (Å²) in [4.78, 5) is 13.2. The van der Waals surface area contributed by atoms with Crippen LogP contribution >= 0.6 is 11.6 Å². The molecule has 124 valence electrons. The van der Waals surface area contributed by atoms with Gasteiger partial charge < -0.3 is 4.42 Å². The molecular weight excluding hydrogens is 344 g/mol. The van der Waals surface area contributed by atoms with Crippen molar-refractivity contribution in [3.05, 3.63) is 95.0 Å². The van der Waals surface area contributed by atoms with Crippen LogP contribution in [0.3, 0.4) is 0 Å². The Kier molecular flexibility index (Phi) is 3.34. The standard InChI is InChI=1S/C23H13ClO2/c24-17-13-7-12-16-18(17)19-20(21(16)25)23(15-10-5-2-6-11-15)26-22(19)14-8-3-1-4-9-14/h1-13H. The van der Waals surface area contributed by atoms with E-state index in [4.69, 9.17) is 16.0 Å². The largest absolute Gasteiger partial charge is 0.455 e. The molecule has 4 aromatic rings. The topological polar surface area (TPSA) is 30.2 Å². The van der Waals surface area contributed by atoms with Gasteiger partial charge in [0.05, 0.1) is 5.56 Å². The van der Waals surface area contributed by atoms with Crippen LogP contribution in [0.1, 0.15) is 15.9 Å². The summed E-state index contributed by atoms with van der Waals surface area (Å²) in [7, 11) is 0. The van der Waals surface area contributed by atoms with Gasteiger partial charge in [0.1, 0.15) is 11.5 Å². The molecule has 0 saturated heterocycles. The summed E-state index contributed by atoms with van der Waals surface area (Å²) in [6, 6.07) is 25.0. The molecule has 26 heavy (non-hydrogen) atoms. The van der Waals surface area contributed by atoms with Crippen LogP contribution in [0.2, 0.25) is 5.02 Å². The number of fused-ring (bicyclic) bond motifs is 3. The quantitative estimate of drug-likeness (QED) is 0.362. The Morgan fingerprint density at radius 1 is 0.615 bits per heavy atom. The summed E-state index contributed by atoms with van der Waals surface area (Å²) < 4.78 is 6.26. The van der Waals surface area contributed by atoms with E-state index >= 15 is 0 Å². The average molecular weight is 357 g/mol. The van der Waals surface area contributed by atoms with E-state index in [1.165, 1.54) is 0 Å². The van der Waals surface area contributed by atoms with Gasteiger partial charge >= 0.3 is 0 Å². The van der Waals surface area contributed by atoms with E-state index in [0.717, 1.165) is 22.3 Å². The van der Waals surface area contributed by atoms with Gasteiger partial charge in [-0.05, 0) is 6.07 Å². The molecule has 0 atom stereocenters. The second-order valence-corrected chi connectivity index (χ2v) is 6.64. The summed E-state index contributed by atoms with van der Waals surface area (Å²) in [6.45, 7) is 0. The number of hydrogen-bond donors (Lipinski definition) is 0. The van der Waals surface area contributed by atoms with E-state index in [9.17, 15) is 4.79 Å². The van der Waals surface area contributed by atoms with Gasteiger partial charge in [-0.3, -0.25) is 4.79 Å². The van der Waals surface area contributed by atoms with E-state index in [0.29, 0.717) is 27.7 Å². The highest BCUT2D eigenvalue weighted by atomic mass is 35.5. The Morgan fingerprint density at radius 3 is 1.81 bits per heavy atom. The second kappa shape index (κ2) is 5.72. The fourth-order valence-electron chi connectivity index (χ4n) is 3.57. The van der Waals surface area contributed by atoms with Crippen LogP contribution in [0.15, 0.2) is 83.3 Å². The van der Waals surface area contributed by atoms with Crippen LogP contribution < -0.4 is 0 Å². The Bertz CT molecular complexity index is 1140. The minimum atomic E-state index is -0.0396. The van der Waals surface area contributed by atoms with Crippen LogP contribution in [0.25, 0.3) is 33.8 Å². The summed E-state index contributed by atoms with van der Waals surface area (Å²) in [5.41, 5.74) is 4.58. The second-order valence-electron chi connectivity index (χ2n) is 6.23. The van der Waals surface area contributed by atoms with Crippen molar-refractivity contribution in [2.24, 2.45) is 0 Å². The number of carbonyl (C=O) groups excluding carboxylic acids is 1. The number of benzene rings is 3. The van der Waals surface area contributed by atoms with Crippen molar-refractivity contribution in [2.45, 2.75) is 0 Å². The molecule has 1 aromatic heterocycles. The number of hydrogen-bond acceptors (Lipinski definition) is 2. The molecule has 0 radical (unpaired) electrons. The van der Waals surface area contributed by atoms with E-state index in [2.05, 4.69) is 0 Å². The van der Waals surface area contributed by atoms with Crippen molar-refractivity contribution >= 4 is 17.4 Å². The predicted octanol–water partition coefficient (Wildman–Crippen LogP) is 6.48. The summed E-state index contributed by atoms with van der Waals surface area (Å²) in [5, 5.41) is 0.562. The van der Waals surface area contributed by atoms with E-state index in [1.807, 2.05) is 78.9 Å². The zero-order valence-corrected chi connectivity index (χ0v) is 14.5. The van der Waals surface area contributed by atoms with Gasteiger partial charge in [0.2, 0.25) is 0 Å². The molecule has 3 aromatic carbocycles. The molecule has 1 aliphatic carbocycles. The zero-order valence-electron chi connectivity index (χ0n) is 13.7. The normalized spacial score (nSPS) is 12.1. The molecule has 0 amide bonds. The van der Waals surface area contributed by atoms with Crippen LogP contribution in [0.5, 0.6) is 0 Å². The number of ketones is 1. The average Bonchev–Trinajstić information content (AvgIpc) is 3.21. The highest BCUT2D eigenvalue weighted by molar-refractivity contribution is 6.38. The monoisotopic (exact) mass is 356 g/mol. The van der Waals surface area contributed by atoms with Crippen molar-refractivity contribution in [3.8, 4) is 33.8 Å². The first-order valence-corrected chi connectivity index (χ1v) is 8.74. The maximum absolute atomic E-state index is 13.2. The number of furan rings is 1. The predicted molar refractivity (Wildman–Crippen MR) is 103 cm³/mol. The molecule has 0 aliphatic heterocycles. The molecule has 0 saturated carbocycles. The van der Waals surface area contributed by atoms with Crippen molar-refractivity contribution in [3.63, 3.8) is 0 Å². The van der Waals surface area contributed by atoms with Crippen LogP contribution in [0.4, 0.5) is 0 Å². The van der Waals surface area contributed by atoms with E-state index < -0.39 is 0 Å². The number of halogens is 1. The number of rotatable bonds is 2. The van der Waals surface area contributed by atoms with Crippen molar-refractivity contribution < 1.29 is 9.21 Å². The Morgan fingerprint density at radius 2 is 1.19 bits per heavy atom. The molecule has 3 heteroatoms. The highest BCUT2D eigenvalue weighted by Crippen LogP contribution is 2.51. The summed E-state index contributed by atoms with van der Waals surface area (Å²) >= 11 is 6.48. The molecule has 2 nitrogen and oxygen atoms in total. The molecule has 0 bridgehead atoms. The third kappa shape index (κ3) is 2.09. The molecule has 1 heterocycles. The third-order valence-corrected chi connectivity index (χ3v) is 5.03. The van der Waals surface area contributed by atoms with Crippen LogP contribution in [-0.2, 0) is 0 Å². The molecule has 0 spiro atoms. The minimum Gasteiger partial charge on any atom is -0.455 e. The van der Waals surface area contributed by atoms with Crippen LogP contribution in [-0.4, -0.2) is 5.78 Å². The van der Waals surface area contributed by atoms with Crippen molar-refractivity contribution in [1.29, 1.82) is 0 Å². The van der Waals surface area contributed by atoms with Gasteiger partial charge in [-0.25, -0.2) is 0 Å². The molecule has 0 unspecified atom stereocenters. The highest BCUT2D eigenvalue weighted by Gasteiger charge is 2.37. The van der Waals surface area contributed by atoms with E-state index in [-0.39, 0.29) is 5.78 Å². The van der Waals surface area contributed by atoms with Crippen molar-refractivity contribution in [1.82, 2.24) is 0 Å². The third-order valence-electron chi connectivity index (χ3n) is 4.72. The first-order chi connectivity index (χ1) is 12.8. The Labute approximate surface area is 155 Å². The summed E-state index contributed by atoms with van der Waals surface area (Å²) in [6.07, 6.45) is 0. The number of carbonyl (C=O) groups is 1. The maximum Gasteiger partial charge on any atom is 0.198 e. The minimum absolute atomic E-state index is 0.0396.